The van der Waals surface area contributed by atoms with E-state index in [1.807, 2.05) is 11.8 Å². The number of aryl methyl sites for hydroxylation is 1. The maximum atomic E-state index is 13.0. The molecule has 23 heavy (non-hydrogen) atoms. The number of hydrogen-bond acceptors (Lipinski definition) is 5. The van der Waals surface area contributed by atoms with E-state index < -0.39 is 0 Å². The minimum absolute atomic E-state index is 0.0304. The van der Waals surface area contributed by atoms with Crippen LogP contribution in [0.1, 0.15) is 41.1 Å². The fraction of sp³-hybridized carbons (Fsp3) is 0.529. The Bertz CT molecular complexity index is 689. The summed E-state index contributed by atoms with van der Waals surface area (Å²) in [5.74, 6) is 0.325. The molecule has 1 amide bonds. The molecule has 2 aliphatic rings. The number of nitrogens with one attached hydrogen (secondary N) is 1. The van der Waals surface area contributed by atoms with E-state index in [4.69, 9.17) is 4.52 Å². The van der Waals surface area contributed by atoms with Crippen LogP contribution in [0.2, 0.25) is 0 Å². The minimum atomic E-state index is -0.0304. The quantitative estimate of drug-likeness (QED) is 0.936. The average Bonchev–Trinajstić information content (AvgIpc) is 2.97. The lowest BCUT2D eigenvalue weighted by Gasteiger charge is -2.29. The van der Waals surface area contributed by atoms with Crippen LogP contribution in [0.3, 0.4) is 0 Å². The zero-order valence-corrected chi connectivity index (χ0v) is 14.1. The summed E-state index contributed by atoms with van der Waals surface area (Å²) in [5.41, 5.74) is 2.25. The Labute approximate surface area is 139 Å². The van der Waals surface area contributed by atoms with Crippen LogP contribution in [0.5, 0.6) is 0 Å². The van der Waals surface area contributed by atoms with Gasteiger partial charge in [0.25, 0.3) is 5.91 Å². The molecule has 5 nitrogen and oxygen atoms in total. The highest BCUT2D eigenvalue weighted by molar-refractivity contribution is 7.07. The van der Waals surface area contributed by atoms with Crippen molar-refractivity contribution in [3.05, 3.63) is 39.9 Å². The first kappa shape index (κ1) is 14.9. The smallest absolute Gasteiger partial charge is 0.293 e. The molecule has 2 aromatic heterocycles. The van der Waals surface area contributed by atoms with Crippen LogP contribution in [-0.2, 0) is 6.54 Å². The van der Waals surface area contributed by atoms with Crippen molar-refractivity contribution in [3.63, 3.8) is 0 Å². The summed E-state index contributed by atoms with van der Waals surface area (Å²) in [6, 6.07) is 4.15. The summed E-state index contributed by atoms with van der Waals surface area (Å²) in [6.45, 7) is 4.60. The Kier molecular flexibility index (Phi) is 3.73. The molecule has 1 saturated heterocycles. The first-order valence-electron chi connectivity index (χ1n) is 8.14. The monoisotopic (exact) mass is 331 g/mol. The van der Waals surface area contributed by atoms with Crippen molar-refractivity contribution in [1.82, 2.24) is 15.4 Å². The second kappa shape index (κ2) is 5.76. The number of amides is 1. The molecule has 2 aromatic rings. The van der Waals surface area contributed by atoms with Gasteiger partial charge in [-0.1, -0.05) is 5.16 Å². The summed E-state index contributed by atoms with van der Waals surface area (Å²) in [6.07, 6.45) is 3.42. The van der Waals surface area contributed by atoms with Gasteiger partial charge in [-0.3, -0.25) is 4.79 Å². The van der Waals surface area contributed by atoms with Gasteiger partial charge in [0, 0.05) is 18.7 Å². The second-order valence-corrected chi connectivity index (χ2v) is 7.51. The second-order valence-electron chi connectivity index (χ2n) is 6.73. The van der Waals surface area contributed by atoms with Gasteiger partial charge >= 0.3 is 0 Å². The SMILES string of the molecule is Cc1cc(C(=O)N(Cc2ccsc2)[C@@H]2CC23CCNCC3)on1. The van der Waals surface area contributed by atoms with E-state index in [0.717, 1.165) is 38.0 Å². The third-order valence-electron chi connectivity index (χ3n) is 5.15. The number of rotatable bonds is 4. The average molecular weight is 331 g/mol. The highest BCUT2D eigenvalue weighted by Gasteiger charge is 2.58. The number of carbonyl (C=O) groups is 1. The summed E-state index contributed by atoms with van der Waals surface area (Å²) in [7, 11) is 0. The minimum Gasteiger partial charge on any atom is -0.351 e. The van der Waals surface area contributed by atoms with Gasteiger partial charge in [0.15, 0.2) is 0 Å². The van der Waals surface area contributed by atoms with E-state index in [1.165, 1.54) is 5.56 Å². The normalized spacial score (nSPS) is 22.2. The molecule has 1 aliphatic heterocycles. The van der Waals surface area contributed by atoms with Gasteiger partial charge in [0.05, 0.1) is 5.69 Å². The number of thiophene rings is 1. The van der Waals surface area contributed by atoms with Gasteiger partial charge in [-0.2, -0.15) is 11.3 Å². The van der Waals surface area contributed by atoms with E-state index in [9.17, 15) is 4.79 Å². The fourth-order valence-electron chi connectivity index (χ4n) is 3.74. The van der Waals surface area contributed by atoms with E-state index in [1.54, 1.807) is 17.4 Å². The summed E-state index contributed by atoms with van der Waals surface area (Å²) in [5, 5.41) is 11.5. The van der Waals surface area contributed by atoms with Crippen LogP contribution < -0.4 is 5.32 Å². The van der Waals surface area contributed by atoms with Crippen LogP contribution >= 0.6 is 11.3 Å². The Morgan fingerprint density at radius 2 is 2.35 bits per heavy atom. The standard InChI is InChI=1S/C17H21N3O2S/c1-12-8-14(22-19-12)16(21)20(10-13-2-7-23-11-13)15-9-17(15)3-5-18-6-4-17/h2,7-8,11,15,18H,3-6,9-10H2,1H3/t15-/m1/s1. The first-order chi connectivity index (χ1) is 11.2. The van der Waals surface area contributed by atoms with Gasteiger partial charge < -0.3 is 14.7 Å². The summed E-state index contributed by atoms with van der Waals surface area (Å²) < 4.78 is 5.23. The van der Waals surface area contributed by atoms with E-state index in [0.29, 0.717) is 23.8 Å². The molecule has 0 bridgehead atoms. The topological polar surface area (TPSA) is 58.4 Å². The molecule has 122 valence electrons. The zero-order chi connectivity index (χ0) is 15.9. The molecule has 4 rings (SSSR count). The van der Waals surface area contributed by atoms with Crippen molar-refractivity contribution in [2.75, 3.05) is 13.1 Å². The fourth-order valence-corrected chi connectivity index (χ4v) is 4.40. The number of nitrogens with zero attached hydrogens (tertiary/aromatic N) is 2. The van der Waals surface area contributed by atoms with Crippen molar-refractivity contribution in [2.24, 2.45) is 5.41 Å². The molecule has 1 N–H and O–H groups in total. The van der Waals surface area contributed by atoms with Gasteiger partial charge in [0.1, 0.15) is 0 Å². The first-order valence-corrected chi connectivity index (χ1v) is 9.08. The Balaban J connectivity index is 1.58. The zero-order valence-electron chi connectivity index (χ0n) is 13.2. The lowest BCUT2D eigenvalue weighted by atomic mass is 9.93. The van der Waals surface area contributed by atoms with E-state index >= 15 is 0 Å². The Morgan fingerprint density at radius 3 is 3.00 bits per heavy atom. The van der Waals surface area contributed by atoms with E-state index in [-0.39, 0.29) is 5.91 Å². The summed E-state index contributed by atoms with van der Waals surface area (Å²) in [4.78, 5) is 15.0. The van der Waals surface area contributed by atoms with Crippen molar-refractivity contribution in [1.29, 1.82) is 0 Å². The molecule has 3 heterocycles. The maximum absolute atomic E-state index is 13.0. The molecule has 1 aliphatic carbocycles. The van der Waals surface area contributed by atoms with Crippen molar-refractivity contribution >= 4 is 17.2 Å². The molecule has 0 radical (unpaired) electrons. The van der Waals surface area contributed by atoms with Gasteiger partial charge in [-0.05, 0) is 67.1 Å². The van der Waals surface area contributed by atoms with E-state index in [2.05, 4.69) is 27.3 Å². The predicted octanol–water partition coefficient (Wildman–Crippen LogP) is 2.83. The Hall–Kier alpha value is -1.66. The van der Waals surface area contributed by atoms with Crippen LogP contribution in [0, 0.1) is 12.3 Å². The van der Waals surface area contributed by atoms with Gasteiger partial charge in [-0.15, -0.1) is 0 Å². The molecular formula is C17H21N3O2S. The van der Waals surface area contributed by atoms with Crippen molar-refractivity contribution in [2.45, 2.75) is 38.8 Å². The number of carbonyl (C=O) groups excluding carboxylic acids is 1. The van der Waals surface area contributed by atoms with Crippen molar-refractivity contribution < 1.29 is 9.32 Å². The lowest BCUT2D eigenvalue weighted by Crippen LogP contribution is -2.39. The number of aromatic nitrogens is 1. The lowest BCUT2D eigenvalue weighted by molar-refractivity contribution is 0.0650. The predicted molar refractivity (Wildman–Crippen MR) is 88.4 cm³/mol. The van der Waals surface area contributed by atoms with Crippen LogP contribution in [0.4, 0.5) is 0 Å². The molecule has 0 unspecified atom stereocenters. The third-order valence-corrected chi connectivity index (χ3v) is 5.89. The molecule has 6 heteroatoms. The molecule has 1 spiro atoms. The molecular weight excluding hydrogens is 310 g/mol. The highest BCUT2D eigenvalue weighted by Crippen LogP contribution is 2.56. The largest absolute Gasteiger partial charge is 0.351 e. The molecule has 0 aromatic carbocycles. The van der Waals surface area contributed by atoms with Gasteiger partial charge in [-0.25, -0.2) is 0 Å². The Morgan fingerprint density at radius 1 is 1.52 bits per heavy atom. The number of piperidine rings is 1. The van der Waals surface area contributed by atoms with Crippen molar-refractivity contribution in [3.8, 4) is 0 Å². The summed E-state index contributed by atoms with van der Waals surface area (Å²) >= 11 is 1.67. The number of hydrogen-bond donors (Lipinski definition) is 1. The third kappa shape index (κ3) is 2.81. The maximum Gasteiger partial charge on any atom is 0.293 e. The highest BCUT2D eigenvalue weighted by atomic mass is 32.1. The molecule has 1 atom stereocenters. The van der Waals surface area contributed by atoms with Crippen LogP contribution in [-0.4, -0.2) is 35.1 Å². The molecule has 1 saturated carbocycles. The molecule has 2 fully saturated rings. The van der Waals surface area contributed by atoms with Crippen LogP contribution in [0.15, 0.2) is 27.4 Å². The van der Waals surface area contributed by atoms with Crippen LogP contribution in [0.25, 0.3) is 0 Å². The van der Waals surface area contributed by atoms with Gasteiger partial charge in [0.2, 0.25) is 5.76 Å².